The third-order valence-electron chi connectivity index (χ3n) is 17.0. The van der Waals surface area contributed by atoms with Crippen LogP contribution >= 0.6 is 23.8 Å². The maximum absolute atomic E-state index is 14.2. The molecule has 0 amide bonds. The summed E-state index contributed by atoms with van der Waals surface area (Å²) in [6, 6.07) is 20.3. The third-order valence-corrected chi connectivity index (χ3v) is 29.4. The van der Waals surface area contributed by atoms with Gasteiger partial charge >= 0.3 is 66.5 Å². The molecule has 0 aliphatic carbocycles. The zero-order chi connectivity index (χ0) is 77.0. The molecule has 3 N–H and O–H groups in total. The Morgan fingerprint density at radius 2 is 0.596 bits per heavy atom. The molecule has 1 heterocycles. The minimum atomic E-state index is -6.13. The number of ether oxygens (including phenoxy) is 1. The van der Waals surface area contributed by atoms with Crippen molar-refractivity contribution in [3.8, 4) is 0 Å². The van der Waals surface area contributed by atoms with Crippen molar-refractivity contribution in [2.75, 3.05) is 45.7 Å². The largest absolute Gasteiger partial charge is 2.00 e. The van der Waals surface area contributed by atoms with Gasteiger partial charge in [-0.2, -0.15) is 143 Å². The molecule has 1 saturated heterocycles. The number of hydrogen-bond donors (Lipinski definition) is 1. The first-order chi connectivity index (χ1) is 46.8. The Morgan fingerprint density at radius 1 is 0.375 bits per heavy atom. The van der Waals surface area contributed by atoms with Crippen LogP contribution in [-0.4, -0.2) is 88.2 Å². The summed E-state index contributed by atoms with van der Waals surface area (Å²) in [5.41, 5.74) is -27.5. The maximum Gasteiger partial charge on any atom is 2.00 e. The average molecular weight is 1620 g/mol. The Morgan fingerprint density at radius 3 is 0.808 bits per heavy atom. The van der Waals surface area contributed by atoms with Crippen LogP contribution in [0.3, 0.4) is 0 Å². The van der Waals surface area contributed by atoms with E-state index in [1.807, 2.05) is 13.8 Å². The van der Waals surface area contributed by atoms with Crippen LogP contribution in [0.15, 0.2) is 146 Å². The number of benzene rings is 7. The molecule has 33 heteroatoms. The van der Waals surface area contributed by atoms with Crippen LogP contribution in [-0.2, 0) is 71.2 Å². The number of alkyl halides is 24. The molecule has 0 atom stereocenters. The zero-order valence-electron chi connectivity index (χ0n) is 57.8. The summed E-state index contributed by atoms with van der Waals surface area (Å²) in [4.78, 5) is 2.52. The van der Waals surface area contributed by atoms with Crippen LogP contribution in [0.2, 0.25) is 0 Å². The molecule has 3 nitrogen and oxygen atoms in total. The van der Waals surface area contributed by atoms with Gasteiger partial charge in [0, 0.05) is 26.3 Å². The first-order valence-electron chi connectivity index (χ1n) is 31.9. The van der Waals surface area contributed by atoms with Crippen molar-refractivity contribution in [3.05, 3.63) is 190 Å². The molecule has 574 valence electrons. The van der Waals surface area contributed by atoms with Crippen molar-refractivity contribution in [3.63, 3.8) is 0 Å². The van der Waals surface area contributed by atoms with Crippen molar-refractivity contribution in [2.45, 2.75) is 141 Å². The SMILES string of the molecule is CC(C)P(c1ccccc1[Si-](c1ccccc1P1CCN(C)CC1)c1ccccc1P(C(C)C)C(C)C)C(C)C.CCOCC.FC(F)(F)c1cc([B-](c2cc(C(F)(F)F)cc(C(F)(F)F)c2)(c2cc(C(F)(F)F)cc(C(F)(F)F)c2)c2cc(C(F)(F)F)cc(C(F)(F)F)c2)cc(C(F)(F)F)c1.N.[Fe+2]. The number of halogens is 24. The van der Waals surface area contributed by atoms with E-state index >= 15 is 0 Å². The fraction of sp³-hybridized carbons (Fsp3) is 0.408. The molecule has 0 radical (unpaired) electrons. The molecule has 7 aromatic rings. The van der Waals surface area contributed by atoms with Gasteiger partial charge < -0.3 is 15.8 Å². The zero-order valence-corrected chi connectivity index (χ0v) is 62.6. The molecule has 1 aliphatic heterocycles. The summed E-state index contributed by atoms with van der Waals surface area (Å²) in [6.45, 7) is 27.8. The second kappa shape index (κ2) is 35.5. The van der Waals surface area contributed by atoms with E-state index in [1.165, 1.54) is 25.4 Å². The maximum atomic E-state index is 14.2. The molecular formula is C71H76BF24FeN2OP3Si. The van der Waals surface area contributed by atoms with Gasteiger partial charge in [-0.3, -0.25) is 0 Å². The van der Waals surface area contributed by atoms with Gasteiger partial charge in [0.25, 0.3) is 0 Å². The monoisotopic (exact) mass is 1620 g/mol. The second-order valence-corrected chi connectivity index (χ2v) is 37.0. The summed E-state index contributed by atoms with van der Waals surface area (Å²) in [6.07, 6.45) is -52.1. The summed E-state index contributed by atoms with van der Waals surface area (Å²) >= 11 is 0. The first-order valence-corrected chi connectivity index (χ1v) is 38.0. The Kier molecular flexibility index (Phi) is 31.1. The molecule has 7 aromatic carbocycles. The topological polar surface area (TPSA) is 47.5 Å². The van der Waals surface area contributed by atoms with Gasteiger partial charge in [-0.05, 0) is 80.1 Å². The van der Waals surface area contributed by atoms with E-state index in [1.54, 1.807) is 31.5 Å². The van der Waals surface area contributed by atoms with Gasteiger partial charge in [0.1, 0.15) is 6.15 Å². The van der Waals surface area contributed by atoms with Crippen LogP contribution in [0, 0.1) is 0 Å². The smallest absolute Gasteiger partial charge is 0.382 e. The predicted octanol–water partition coefficient (Wildman–Crippen LogP) is 18.5. The minimum Gasteiger partial charge on any atom is -0.382 e. The Balaban J connectivity index is 0.000000426. The molecule has 0 saturated carbocycles. The minimum absolute atomic E-state index is 0. The Bertz CT molecular complexity index is 3440. The van der Waals surface area contributed by atoms with Crippen LogP contribution < -0.4 is 59.5 Å². The molecular weight excluding hydrogens is 1540 g/mol. The second-order valence-electron chi connectivity index (χ2n) is 25.4. The average Bonchev–Trinajstić information content (AvgIpc) is 0.707. The van der Waals surface area contributed by atoms with Crippen molar-refractivity contribution in [1.29, 1.82) is 0 Å². The van der Waals surface area contributed by atoms with Crippen LogP contribution in [0.25, 0.3) is 0 Å². The molecule has 0 spiro atoms. The van der Waals surface area contributed by atoms with Crippen molar-refractivity contribution < 1.29 is 127 Å². The van der Waals surface area contributed by atoms with Crippen molar-refractivity contribution >= 4 is 92.0 Å². The van der Waals surface area contributed by atoms with Crippen LogP contribution in [0.4, 0.5) is 105 Å². The number of nitrogens with zero attached hydrogens (tertiary/aromatic N) is 1. The van der Waals surface area contributed by atoms with Crippen LogP contribution in [0.5, 0.6) is 0 Å². The molecule has 1 fully saturated rings. The van der Waals surface area contributed by atoms with E-state index in [-0.39, 0.29) is 47.0 Å². The van der Waals surface area contributed by atoms with Crippen LogP contribution in [0.1, 0.15) is 114 Å². The van der Waals surface area contributed by atoms with E-state index < -0.39 is 204 Å². The summed E-state index contributed by atoms with van der Waals surface area (Å²) in [7, 11) is 0.428. The first kappa shape index (κ1) is 91.2. The summed E-state index contributed by atoms with van der Waals surface area (Å²) < 4.78 is 346. The Hall–Kier alpha value is -5.17. The fourth-order valence-corrected chi connectivity index (χ4v) is 26.2. The van der Waals surface area contributed by atoms with E-state index in [4.69, 9.17) is 4.74 Å². The normalized spacial score (nSPS) is 14.2. The Labute approximate surface area is 604 Å². The number of rotatable bonds is 16. The quantitative estimate of drug-likeness (QED) is 0.0454. The standard InChI is InChI=1S/C35H51NP3Si.C32H12BF24.C4H10O.Fe.H3N/c1-26(2)38(27(3)4)31-17-11-14-20-34(31)40(35-21-15-12-18-32(35)39(28(5)6)29(7)8)33-19-13-10-16-30(33)37-24-22-36(9)23-25-37;34-25(35,36)13-1-14(26(37,38)39)6-21(5-13)33(22-7-15(27(40,41)42)2-16(8-22)28(43,44)45,23-9-17(29(46,47)48)3-18(10-23)30(49,50)51)24-11-19(31(52,53)54)4-20(12-24)32(55,56)57;1-3-5-4-2;;/h10-21,26-29H,22-25H2,1-9H3;1-12H;3-4H2,1-2H3;;1H3/q2*-1;;+2;. The predicted molar refractivity (Wildman–Crippen MR) is 369 cm³/mol. The van der Waals surface area contributed by atoms with Gasteiger partial charge in [-0.1, -0.05) is 216 Å². The van der Waals surface area contributed by atoms with Gasteiger partial charge in [-0.15, -0.1) is 0 Å². The molecule has 1 aliphatic rings. The summed E-state index contributed by atoms with van der Waals surface area (Å²) in [5, 5.41) is 10.0. The number of hydrogen-bond acceptors (Lipinski definition) is 3. The molecule has 0 aromatic heterocycles. The van der Waals surface area contributed by atoms with Gasteiger partial charge in [0.05, 0.1) is 44.5 Å². The van der Waals surface area contributed by atoms with Gasteiger partial charge in [0.2, 0.25) is 0 Å². The van der Waals surface area contributed by atoms with E-state index in [0.717, 1.165) is 13.2 Å². The third kappa shape index (κ3) is 22.3. The molecule has 0 unspecified atom stereocenters. The fourth-order valence-electron chi connectivity index (χ4n) is 12.8. The van der Waals surface area contributed by atoms with Crippen molar-refractivity contribution in [1.82, 2.24) is 11.1 Å². The van der Waals surface area contributed by atoms with E-state index in [2.05, 4.69) is 140 Å². The van der Waals surface area contributed by atoms with Gasteiger partial charge in [0.15, 0.2) is 0 Å². The molecule has 8 rings (SSSR count). The van der Waals surface area contributed by atoms with E-state index in [9.17, 15) is 105 Å². The molecule has 0 bridgehead atoms. The molecule has 104 heavy (non-hydrogen) atoms. The summed E-state index contributed by atoms with van der Waals surface area (Å²) in [5.74, 6) is 0. The van der Waals surface area contributed by atoms with Crippen molar-refractivity contribution in [2.24, 2.45) is 0 Å². The van der Waals surface area contributed by atoms with Gasteiger partial charge in [-0.25, -0.2) is 8.80 Å². The van der Waals surface area contributed by atoms with E-state index in [0.29, 0.717) is 22.6 Å².